The van der Waals surface area contributed by atoms with Crippen LogP contribution in [0.2, 0.25) is 15.1 Å². The Bertz CT molecular complexity index is 552. The molecule has 0 aliphatic heterocycles. The minimum Gasteiger partial charge on any atom is -0.379 e. The molecule has 0 saturated carbocycles. The Labute approximate surface area is 129 Å². The molecular weight excluding hydrogens is 356 g/mol. The van der Waals surface area contributed by atoms with E-state index in [2.05, 4.69) is 21.2 Å². The molecule has 0 aliphatic rings. The Morgan fingerprint density at radius 3 is 2.22 bits per heavy atom. The number of para-hydroxylation sites is 1. The number of rotatable bonds is 3. The first-order valence-corrected chi connectivity index (χ1v) is 7.12. The van der Waals surface area contributed by atoms with Crippen LogP contribution in [0.25, 0.3) is 0 Å². The van der Waals surface area contributed by atoms with Gasteiger partial charge in [0.1, 0.15) is 0 Å². The van der Waals surface area contributed by atoms with Gasteiger partial charge in [-0.15, -0.1) is 0 Å². The summed E-state index contributed by atoms with van der Waals surface area (Å²) in [7, 11) is 0. The van der Waals surface area contributed by atoms with Crippen molar-refractivity contribution in [2.24, 2.45) is 0 Å². The van der Waals surface area contributed by atoms with Crippen molar-refractivity contribution >= 4 is 56.4 Å². The molecule has 1 nitrogen and oxygen atoms in total. The molecule has 2 aromatic carbocycles. The summed E-state index contributed by atoms with van der Waals surface area (Å²) in [6.07, 6.45) is 0. The zero-order valence-corrected chi connectivity index (χ0v) is 13.0. The van der Waals surface area contributed by atoms with Crippen molar-refractivity contribution in [3.05, 3.63) is 61.5 Å². The van der Waals surface area contributed by atoms with E-state index in [0.29, 0.717) is 21.6 Å². The third kappa shape index (κ3) is 3.33. The minimum atomic E-state index is 0.603. The lowest BCUT2D eigenvalue weighted by Crippen LogP contribution is -2.00. The number of hydrogen-bond donors (Lipinski definition) is 1. The van der Waals surface area contributed by atoms with Gasteiger partial charge in [0.05, 0.1) is 20.8 Å². The van der Waals surface area contributed by atoms with Gasteiger partial charge in [-0.2, -0.15) is 0 Å². The van der Waals surface area contributed by atoms with Gasteiger partial charge in [-0.3, -0.25) is 0 Å². The van der Waals surface area contributed by atoms with Crippen LogP contribution in [0.3, 0.4) is 0 Å². The molecule has 0 atom stereocenters. The van der Waals surface area contributed by atoms with Crippen molar-refractivity contribution in [2.75, 3.05) is 5.32 Å². The summed E-state index contributed by atoms with van der Waals surface area (Å²) in [5.74, 6) is 0. The van der Waals surface area contributed by atoms with Crippen LogP contribution in [-0.4, -0.2) is 0 Å². The van der Waals surface area contributed by atoms with Crippen LogP contribution in [0, 0.1) is 0 Å². The number of halogens is 4. The van der Waals surface area contributed by atoms with Crippen molar-refractivity contribution < 1.29 is 0 Å². The van der Waals surface area contributed by atoms with E-state index in [1.165, 1.54) is 0 Å². The topological polar surface area (TPSA) is 12.0 Å². The van der Waals surface area contributed by atoms with E-state index >= 15 is 0 Å². The first-order chi connectivity index (χ1) is 8.58. The zero-order valence-electron chi connectivity index (χ0n) is 9.18. The third-order valence-corrected chi connectivity index (χ3v) is 4.28. The second-order valence-electron chi connectivity index (χ2n) is 3.70. The number of anilines is 1. The van der Waals surface area contributed by atoms with E-state index < -0.39 is 0 Å². The van der Waals surface area contributed by atoms with E-state index in [1.807, 2.05) is 24.3 Å². The van der Waals surface area contributed by atoms with Crippen LogP contribution >= 0.6 is 50.7 Å². The second-order valence-corrected chi connectivity index (χ2v) is 5.77. The minimum absolute atomic E-state index is 0.603. The summed E-state index contributed by atoms with van der Waals surface area (Å²) >= 11 is 21.5. The van der Waals surface area contributed by atoms with E-state index in [9.17, 15) is 0 Å². The van der Waals surface area contributed by atoms with Gasteiger partial charge in [-0.1, -0.05) is 46.9 Å². The van der Waals surface area contributed by atoms with Crippen molar-refractivity contribution in [3.63, 3.8) is 0 Å². The number of nitrogens with one attached hydrogen (secondary N) is 1. The third-order valence-electron chi connectivity index (χ3n) is 2.42. The molecule has 94 valence electrons. The standard InChI is InChI=1S/C13H9BrCl3N/c14-9-5-4-8(6-12(9)17)7-18-13-10(15)2-1-3-11(13)16/h1-6,18H,7H2. The highest BCUT2D eigenvalue weighted by Crippen LogP contribution is 2.30. The predicted molar refractivity (Wildman–Crippen MR) is 82.9 cm³/mol. The van der Waals surface area contributed by atoms with E-state index in [1.54, 1.807) is 12.1 Å². The molecule has 0 unspecified atom stereocenters. The van der Waals surface area contributed by atoms with Crippen LogP contribution in [0.1, 0.15) is 5.56 Å². The van der Waals surface area contributed by atoms with Gasteiger partial charge in [0.25, 0.3) is 0 Å². The highest BCUT2D eigenvalue weighted by molar-refractivity contribution is 9.10. The normalized spacial score (nSPS) is 10.4. The molecule has 0 fully saturated rings. The predicted octanol–water partition coefficient (Wildman–Crippen LogP) is 6.02. The van der Waals surface area contributed by atoms with Crippen LogP contribution in [-0.2, 0) is 6.54 Å². The van der Waals surface area contributed by atoms with Crippen molar-refractivity contribution in [2.45, 2.75) is 6.54 Å². The fourth-order valence-electron chi connectivity index (χ4n) is 1.51. The molecule has 0 spiro atoms. The van der Waals surface area contributed by atoms with Crippen molar-refractivity contribution in [1.29, 1.82) is 0 Å². The SMILES string of the molecule is Clc1cc(CNc2c(Cl)cccc2Cl)ccc1Br. The molecule has 0 amide bonds. The molecule has 0 radical (unpaired) electrons. The first-order valence-electron chi connectivity index (χ1n) is 5.20. The fourth-order valence-corrected chi connectivity index (χ4v) is 2.49. The Hall–Kier alpha value is -0.410. The Kier molecular flexibility index (Phi) is 4.79. The summed E-state index contributed by atoms with van der Waals surface area (Å²) in [5, 5.41) is 5.09. The maximum atomic E-state index is 6.07. The lowest BCUT2D eigenvalue weighted by molar-refractivity contribution is 1.15. The molecule has 0 heterocycles. The lowest BCUT2D eigenvalue weighted by Gasteiger charge is -2.10. The summed E-state index contributed by atoms with van der Waals surface area (Å²) in [4.78, 5) is 0. The van der Waals surface area contributed by atoms with E-state index in [0.717, 1.165) is 15.7 Å². The molecule has 0 aromatic heterocycles. The number of hydrogen-bond acceptors (Lipinski definition) is 1. The average Bonchev–Trinajstić information content (AvgIpc) is 2.33. The van der Waals surface area contributed by atoms with Crippen molar-refractivity contribution in [1.82, 2.24) is 0 Å². The molecule has 18 heavy (non-hydrogen) atoms. The Balaban J connectivity index is 2.14. The maximum absolute atomic E-state index is 6.07. The van der Waals surface area contributed by atoms with Crippen LogP contribution in [0.5, 0.6) is 0 Å². The van der Waals surface area contributed by atoms with E-state index in [4.69, 9.17) is 34.8 Å². The lowest BCUT2D eigenvalue weighted by atomic mass is 10.2. The van der Waals surface area contributed by atoms with E-state index in [-0.39, 0.29) is 0 Å². The molecule has 0 bridgehead atoms. The van der Waals surface area contributed by atoms with Gasteiger partial charge in [0, 0.05) is 11.0 Å². The molecular formula is C13H9BrCl3N. The smallest absolute Gasteiger partial charge is 0.0721 e. The quantitative estimate of drug-likeness (QED) is 0.701. The molecule has 5 heteroatoms. The summed E-state index contributed by atoms with van der Waals surface area (Å²) in [5.41, 5.74) is 1.79. The van der Waals surface area contributed by atoms with Crippen LogP contribution < -0.4 is 5.32 Å². The van der Waals surface area contributed by atoms with Gasteiger partial charge < -0.3 is 5.32 Å². The molecule has 2 rings (SSSR count). The fraction of sp³-hybridized carbons (Fsp3) is 0.0769. The molecule has 2 aromatic rings. The van der Waals surface area contributed by atoms with Gasteiger partial charge in [-0.25, -0.2) is 0 Å². The summed E-state index contributed by atoms with van der Waals surface area (Å²) in [6.45, 7) is 0.608. The average molecular weight is 365 g/mol. The maximum Gasteiger partial charge on any atom is 0.0721 e. The highest BCUT2D eigenvalue weighted by Gasteiger charge is 2.05. The Morgan fingerprint density at radius 2 is 1.61 bits per heavy atom. The molecule has 1 N–H and O–H groups in total. The van der Waals surface area contributed by atoms with Crippen LogP contribution in [0.4, 0.5) is 5.69 Å². The summed E-state index contributed by atoms with van der Waals surface area (Å²) < 4.78 is 0.878. The molecule has 0 saturated heterocycles. The highest BCUT2D eigenvalue weighted by atomic mass is 79.9. The zero-order chi connectivity index (χ0) is 13.1. The van der Waals surface area contributed by atoms with Gasteiger partial charge >= 0.3 is 0 Å². The monoisotopic (exact) mass is 363 g/mol. The molecule has 0 aliphatic carbocycles. The Morgan fingerprint density at radius 1 is 0.944 bits per heavy atom. The first kappa shape index (κ1) is 14.0. The van der Waals surface area contributed by atoms with Gasteiger partial charge in [0.15, 0.2) is 0 Å². The van der Waals surface area contributed by atoms with Gasteiger partial charge in [-0.05, 0) is 45.8 Å². The largest absolute Gasteiger partial charge is 0.379 e. The second kappa shape index (κ2) is 6.16. The van der Waals surface area contributed by atoms with Crippen molar-refractivity contribution in [3.8, 4) is 0 Å². The number of benzene rings is 2. The summed E-state index contributed by atoms with van der Waals surface area (Å²) in [6, 6.07) is 11.2. The van der Waals surface area contributed by atoms with Gasteiger partial charge in [0.2, 0.25) is 0 Å². The van der Waals surface area contributed by atoms with Crippen LogP contribution in [0.15, 0.2) is 40.9 Å².